The van der Waals surface area contributed by atoms with Crippen molar-refractivity contribution in [3.8, 4) is 22.3 Å². The van der Waals surface area contributed by atoms with Crippen molar-refractivity contribution in [3.05, 3.63) is 166 Å². The molecular weight excluding hydrogens is 1360 g/mol. The number of thioether (sulfide) groups is 2. The van der Waals surface area contributed by atoms with E-state index >= 15 is 0 Å². The van der Waals surface area contributed by atoms with Crippen molar-refractivity contribution in [2.75, 3.05) is 89.8 Å². The van der Waals surface area contributed by atoms with E-state index in [0.29, 0.717) is 47.0 Å². The van der Waals surface area contributed by atoms with Gasteiger partial charge in [0.25, 0.3) is 23.4 Å². The Morgan fingerprint density at radius 2 is 0.971 bits per heavy atom. The number of hydrogen-bond acceptors (Lipinski definition) is 24. The molecule has 0 bridgehead atoms. The fourth-order valence-corrected chi connectivity index (χ4v) is 14.2. The van der Waals surface area contributed by atoms with Crippen molar-refractivity contribution >= 4 is 71.3 Å². The molecule has 4 aliphatic rings. The van der Waals surface area contributed by atoms with E-state index in [4.69, 9.17) is 37.9 Å². The average Bonchev–Trinajstić information content (AvgIpc) is 1.13. The van der Waals surface area contributed by atoms with E-state index in [1.807, 2.05) is 97.1 Å². The third-order valence-electron chi connectivity index (χ3n) is 17.6. The Morgan fingerprint density at radius 3 is 1.40 bits per heavy atom. The first-order valence-corrected chi connectivity index (χ1v) is 35.6. The SMILES string of the molecule is COC(=O)[C@@]1(OCCCSCCNC(=O)c2ccc(C(=O)NCCSCCCO[C@]3(C(=O)OC)C[C@H](O)[C@@H](NC(C)=O)C([C@H](O)[C@H](O)CNC(=O)OCC4c5ccccc5-c5ccccc54)O3)cc2)CC(O)=C(NC(C)=O)C([C@H](O)[C@H](O)CNC(=O)OCC2c3ccccc3-c3ccccc32)O1. The van der Waals surface area contributed by atoms with Gasteiger partial charge in [0.15, 0.2) is 0 Å². The number of aliphatic hydroxyl groups is 6. The molecule has 5 aromatic rings. The predicted octanol–water partition coefficient (Wildman–Crippen LogP) is 4.03. The Morgan fingerprint density at radius 1 is 0.549 bits per heavy atom. The van der Waals surface area contributed by atoms with E-state index in [0.717, 1.165) is 65.7 Å². The molecule has 30 heteroatoms. The molecule has 548 valence electrons. The van der Waals surface area contributed by atoms with Gasteiger partial charge in [-0.3, -0.25) is 19.2 Å². The van der Waals surface area contributed by atoms with Crippen molar-refractivity contribution in [1.29, 1.82) is 0 Å². The number of esters is 2. The number of alkyl carbamates (subject to hydrolysis) is 2. The third-order valence-corrected chi connectivity index (χ3v) is 19.7. The Hall–Kier alpha value is -8.66. The first-order valence-electron chi connectivity index (χ1n) is 33.3. The first kappa shape index (κ1) is 77.5. The summed E-state index contributed by atoms with van der Waals surface area (Å²) in [5.41, 5.74) is 8.38. The molecule has 6 amide bonds. The van der Waals surface area contributed by atoms with Gasteiger partial charge in [0.1, 0.15) is 49.5 Å². The number of amides is 6. The number of hydrogen-bond donors (Lipinski definition) is 12. The molecule has 10 atom stereocenters. The van der Waals surface area contributed by atoms with Crippen LogP contribution in [0.25, 0.3) is 22.3 Å². The fraction of sp³-hybridized carbons (Fsp3) is 0.444. The standard InChI is InChI=1S/C72H86N6O22S2/c1-41(79)77-59-55(81)35-71(67(89)93-3,99-63(59)61(85)57(83)37-75-69(91)95-39-53-49-19-9-5-15-45(49)46-16-6-10-20-50(46)53)97-29-13-31-101-33-27-73-65(87)43-23-25-44(26-24-43)66(88)74-28-34-102-32-14-30-98-72(68(90)94-4)36-56(82)60(78-42(2)80)64(100-72)62(86)58(84)38-76-70(92)96-40-54-51-21-11-7-17-47(51)48-18-8-12-22-52(48)54/h5-12,15-26,53-55,57-59,61-64,81-86H,13-14,27-40H2,1-4H3,(H,73,87)(H,74,88)(H,75,91)(H,76,92)(H,77,79)(H,78,80)/t55-,57+,58+,59+,61+,62+,63?,64?,71+,72+/m0/s1. The molecule has 1 saturated heterocycles. The number of carbonyl (C=O) groups excluding carboxylic acids is 8. The molecule has 1 fully saturated rings. The van der Waals surface area contributed by atoms with Gasteiger partial charge in [0.05, 0.1) is 57.8 Å². The van der Waals surface area contributed by atoms with Crippen LogP contribution < -0.4 is 31.9 Å². The largest absolute Gasteiger partial charge is 0.510 e. The molecule has 2 aliphatic carbocycles. The van der Waals surface area contributed by atoms with E-state index in [1.54, 1.807) is 0 Å². The zero-order chi connectivity index (χ0) is 73.1. The highest BCUT2D eigenvalue weighted by molar-refractivity contribution is 7.99. The van der Waals surface area contributed by atoms with Gasteiger partial charge in [-0.1, -0.05) is 97.1 Å². The molecule has 2 aliphatic heterocycles. The number of benzene rings is 5. The second-order valence-corrected chi connectivity index (χ2v) is 27.0. The minimum absolute atomic E-state index is 0.0114. The topological polar surface area (TPSA) is 404 Å². The second kappa shape index (κ2) is 36.5. The van der Waals surface area contributed by atoms with Crippen molar-refractivity contribution < 1.29 is 107 Å². The van der Waals surface area contributed by atoms with Crippen LogP contribution in [-0.4, -0.2) is 229 Å². The highest BCUT2D eigenvalue weighted by atomic mass is 32.2. The molecule has 12 N–H and O–H groups in total. The monoisotopic (exact) mass is 1450 g/mol. The van der Waals surface area contributed by atoms with Gasteiger partial charge in [0.2, 0.25) is 11.8 Å². The van der Waals surface area contributed by atoms with E-state index < -0.39 is 128 Å². The highest BCUT2D eigenvalue weighted by Gasteiger charge is 2.57. The number of methoxy groups -OCH3 is 2. The summed E-state index contributed by atoms with van der Waals surface area (Å²) in [5, 5.41) is 83.2. The predicted molar refractivity (Wildman–Crippen MR) is 373 cm³/mol. The molecule has 9 rings (SSSR count). The lowest BCUT2D eigenvalue weighted by Gasteiger charge is -2.47. The minimum atomic E-state index is -2.33. The normalized spacial score (nSPS) is 20.9. The fourth-order valence-electron chi connectivity index (χ4n) is 12.7. The number of nitrogens with one attached hydrogen (secondary N) is 6. The van der Waals surface area contributed by atoms with Crippen LogP contribution in [0, 0.1) is 0 Å². The van der Waals surface area contributed by atoms with Crippen molar-refractivity contribution in [2.45, 2.75) is 112 Å². The lowest BCUT2D eigenvalue weighted by molar-refractivity contribution is -0.311. The van der Waals surface area contributed by atoms with E-state index in [2.05, 4.69) is 31.9 Å². The van der Waals surface area contributed by atoms with E-state index in [9.17, 15) is 69.0 Å². The van der Waals surface area contributed by atoms with E-state index in [1.165, 1.54) is 54.7 Å². The summed E-state index contributed by atoms with van der Waals surface area (Å²) in [5.74, 6) is -7.94. The molecule has 0 aromatic heterocycles. The summed E-state index contributed by atoms with van der Waals surface area (Å²) in [6.45, 7) is 1.47. The third kappa shape index (κ3) is 19.1. The van der Waals surface area contributed by atoms with Crippen LogP contribution in [0.4, 0.5) is 9.59 Å². The van der Waals surface area contributed by atoms with E-state index in [-0.39, 0.29) is 68.9 Å². The van der Waals surface area contributed by atoms with Crippen LogP contribution in [0.1, 0.15) is 94.3 Å². The number of aliphatic hydroxyl groups excluding tert-OH is 6. The smallest absolute Gasteiger partial charge is 0.407 e. The van der Waals surface area contributed by atoms with Gasteiger partial charge in [-0.15, -0.1) is 0 Å². The zero-order valence-electron chi connectivity index (χ0n) is 56.7. The van der Waals surface area contributed by atoms with Gasteiger partial charge in [-0.25, -0.2) is 19.2 Å². The molecule has 2 unspecified atom stereocenters. The molecular formula is C72H86N6O22S2. The van der Waals surface area contributed by atoms with Crippen molar-refractivity contribution in [2.24, 2.45) is 0 Å². The summed E-state index contributed by atoms with van der Waals surface area (Å²) in [6, 6.07) is 35.9. The molecule has 0 saturated carbocycles. The van der Waals surface area contributed by atoms with Crippen LogP contribution in [0.5, 0.6) is 0 Å². The maximum Gasteiger partial charge on any atom is 0.407 e. The number of fused-ring (bicyclic) bond motifs is 6. The van der Waals surface area contributed by atoms with Gasteiger partial charge < -0.3 is 100 Å². The second-order valence-electron chi connectivity index (χ2n) is 24.6. The summed E-state index contributed by atoms with van der Waals surface area (Å²) in [7, 11) is 2.14. The molecule has 28 nitrogen and oxygen atoms in total. The van der Waals surface area contributed by atoms with Gasteiger partial charge in [0, 0.05) is 80.9 Å². The summed E-state index contributed by atoms with van der Waals surface area (Å²) >= 11 is 2.91. The zero-order valence-corrected chi connectivity index (χ0v) is 58.3. The van der Waals surface area contributed by atoms with Crippen LogP contribution in [0.15, 0.2) is 133 Å². The molecule has 5 aromatic carbocycles. The molecule has 102 heavy (non-hydrogen) atoms. The van der Waals surface area contributed by atoms with Crippen LogP contribution in [0.3, 0.4) is 0 Å². The number of rotatable bonds is 34. The Kier molecular flexibility index (Phi) is 27.7. The Labute approximate surface area is 597 Å². The molecule has 0 radical (unpaired) electrons. The number of carbonyl (C=O) groups is 8. The van der Waals surface area contributed by atoms with Crippen molar-refractivity contribution in [1.82, 2.24) is 31.9 Å². The van der Waals surface area contributed by atoms with Crippen LogP contribution >= 0.6 is 23.5 Å². The van der Waals surface area contributed by atoms with Crippen LogP contribution in [-0.2, 0) is 57.1 Å². The van der Waals surface area contributed by atoms with Gasteiger partial charge in [-0.2, -0.15) is 23.5 Å². The summed E-state index contributed by atoms with van der Waals surface area (Å²) in [6.07, 6.45) is -14.6. The molecule has 0 spiro atoms. The maximum atomic E-state index is 13.4. The highest BCUT2D eigenvalue weighted by Crippen LogP contribution is 2.46. The summed E-state index contributed by atoms with van der Waals surface area (Å²) in [4.78, 5) is 103. The van der Waals surface area contributed by atoms with Gasteiger partial charge in [-0.05, 0) is 93.1 Å². The van der Waals surface area contributed by atoms with Gasteiger partial charge >= 0.3 is 24.1 Å². The quantitative estimate of drug-likeness (QED) is 0.0157. The lowest BCUT2D eigenvalue weighted by atomic mass is 9.88. The minimum Gasteiger partial charge on any atom is -0.510 e. The summed E-state index contributed by atoms with van der Waals surface area (Å²) < 4.78 is 45.1. The Balaban J connectivity index is 0.652. The van der Waals surface area contributed by atoms with Crippen molar-refractivity contribution in [3.63, 3.8) is 0 Å². The average molecular weight is 1450 g/mol. The number of ether oxygens (including phenoxy) is 8. The van der Waals surface area contributed by atoms with Crippen LogP contribution in [0.2, 0.25) is 0 Å². The molecule has 2 heterocycles. The Bertz CT molecular complexity index is 3720. The first-order chi connectivity index (χ1) is 49.1. The maximum absolute atomic E-state index is 13.4. The lowest BCUT2D eigenvalue weighted by Crippen LogP contribution is -2.68.